The molecule has 2 N–H and O–H groups in total. The van der Waals surface area contributed by atoms with Crippen LogP contribution in [0.5, 0.6) is 0 Å². The Morgan fingerprint density at radius 1 is 1.06 bits per heavy atom. The Hall–Kier alpha value is -2.79. The summed E-state index contributed by atoms with van der Waals surface area (Å²) in [7, 11) is 0. The van der Waals surface area contributed by atoms with Crippen LogP contribution in [0.2, 0.25) is 0 Å². The number of aliphatic hydroxyl groups is 2. The lowest BCUT2D eigenvalue weighted by Gasteiger charge is -2.66. The number of benzene rings is 1. The molecule has 2 spiro atoms. The van der Waals surface area contributed by atoms with Crippen molar-refractivity contribution in [3.05, 3.63) is 41.5 Å². The monoisotopic (exact) mass is 480 g/mol. The van der Waals surface area contributed by atoms with Crippen molar-refractivity contribution in [3.63, 3.8) is 0 Å². The molecule has 4 bridgehead atoms. The molecule has 182 valence electrons. The van der Waals surface area contributed by atoms with E-state index in [4.69, 9.17) is 14.2 Å². The first-order valence-electron chi connectivity index (χ1n) is 12.2. The SMILES string of the molecule is O=C1OC2[C@H]3C4=CCOC5CC(=O)N6c7ccccc7[C@@]7(CCN(C4)[C@H]27)C6(OC(=O)C(O)C1O)[C@@H]53. The van der Waals surface area contributed by atoms with Crippen molar-refractivity contribution < 1.29 is 38.8 Å². The maximum Gasteiger partial charge on any atom is 0.340 e. The Morgan fingerprint density at radius 3 is 2.71 bits per heavy atom. The van der Waals surface area contributed by atoms with Crippen LogP contribution in [0.15, 0.2) is 35.9 Å². The zero-order chi connectivity index (χ0) is 23.9. The predicted molar refractivity (Wildman–Crippen MR) is 116 cm³/mol. The van der Waals surface area contributed by atoms with Gasteiger partial charge in [0.05, 0.1) is 42.2 Å². The molecule has 1 saturated carbocycles. The van der Waals surface area contributed by atoms with Gasteiger partial charge in [0, 0.05) is 19.0 Å². The van der Waals surface area contributed by atoms with Gasteiger partial charge in [0.15, 0.2) is 12.2 Å². The third-order valence-electron chi connectivity index (χ3n) is 9.58. The van der Waals surface area contributed by atoms with Gasteiger partial charge in [-0.2, -0.15) is 0 Å². The molecule has 6 heterocycles. The summed E-state index contributed by atoms with van der Waals surface area (Å²) in [6.07, 6.45) is -2.77. The van der Waals surface area contributed by atoms with Gasteiger partial charge in [0.2, 0.25) is 11.6 Å². The summed E-state index contributed by atoms with van der Waals surface area (Å²) >= 11 is 0. The van der Waals surface area contributed by atoms with Crippen LogP contribution in [-0.4, -0.2) is 88.8 Å². The number of carbonyl (C=O) groups is 3. The van der Waals surface area contributed by atoms with Gasteiger partial charge < -0.3 is 24.4 Å². The molecule has 1 amide bonds. The number of para-hydroxylation sites is 1. The topological polar surface area (TPSA) is 126 Å². The van der Waals surface area contributed by atoms with E-state index in [0.29, 0.717) is 31.8 Å². The van der Waals surface area contributed by atoms with Crippen molar-refractivity contribution in [2.24, 2.45) is 11.8 Å². The van der Waals surface area contributed by atoms with Gasteiger partial charge in [-0.15, -0.1) is 0 Å². The highest BCUT2D eigenvalue weighted by atomic mass is 16.6. The highest BCUT2D eigenvalue weighted by Gasteiger charge is 2.84. The Morgan fingerprint density at radius 2 is 1.86 bits per heavy atom. The summed E-state index contributed by atoms with van der Waals surface area (Å²) < 4.78 is 18.6. The first-order chi connectivity index (χ1) is 16.9. The standard InChI is InChI=1S/C25H24N2O8/c28-15-9-14-17-16-11(5-8-33-14)10-26-7-6-24-12-3-1-2-4-13(12)27(15)25(17,24)35-23(32)19(30)18(29)22(31)34-20(16)21(24)26/h1-5,14,16-21,29-30H,6-10H2/t14?,16-,17-,18?,19?,20?,21+,24+,25?/m0/s1. The van der Waals surface area contributed by atoms with E-state index in [0.717, 1.165) is 11.1 Å². The minimum Gasteiger partial charge on any atom is -0.458 e. The summed E-state index contributed by atoms with van der Waals surface area (Å²) in [5.74, 6) is -3.28. The van der Waals surface area contributed by atoms with Crippen molar-refractivity contribution in [1.82, 2.24) is 4.90 Å². The van der Waals surface area contributed by atoms with Crippen molar-refractivity contribution in [2.45, 2.75) is 54.4 Å². The number of nitrogens with zero attached hydrogens (tertiary/aromatic N) is 2. The fourth-order valence-corrected chi connectivity index (χ4v) is 8.61. The second kappa shape index (κ2) is 6.31. The Balaban J connectivity index is 1.51. The summed E-state index contributed by atoms with van der Waals surface area (Å²) in [5.41, 5.74) is 0.204. The number of hydrogen-bond donors (Lipinski definition) is 2. The average Bonchev–Trinajstić information content (AvgIpc) is 3.28. The molecule has 7 aliphatic rings. The lowest BCUT2D eigenvalue weighted by atomic mass is 9.50. The van der Waals surface area contributed by atoms with Crippen LogP contribution in [0.25, 0.3) is 0 Å². The molecule has 1 aromatic carbocycles. The molecule has 10 nitrogen and oxygen atoms in total. The summed E-state index contributed by atoms with van der Waals surface area (Å²) in [4.78, 5) is 44.2. The first-order valence-corrected chi connectivity index (χ1v) is 12.2. The summed E-state index contributed by atoms with van der Waals surface area (Å²) in [5, 5.41) is 21.1. The number of amides is 1. The number of piperidine rings is 2. The molecule has 8 rings (SSSR count). The number of aliphatic hydroxyl groups excluding tert-OH is 2. The van der Waals surface area contributed by atoms with Gasteiger partial charge in [-0.05, 0) is 18.1 Å². The van der Waals surface area contributed by atoms with Crippen LogP contribution < -0.4 is 4.90 Å². The molecule has 6 aliphatic heterocycles. The van der Waals surface area contributed by atoms with E-state index in [9.17, 15) is 24.6 Å². The lowest BCUT2D eigenvalue weighted by molar-refractivity contribution is -0.256. The number of ether oxygens (including phenoxy) is 3. The zero-order valence-electron chi connectivity index (χ0n) is 18.7. The van der Waals surface area contributed by atoms with E-state index in [1.807, 2.05) is 30.3 Å². The number of rotatable bonds is 0. The molecule has 9 atom stereocenters. The largest absolute Gasteiger partial charge is 0.458 e. The minimum atomic E-state index is -2.13. The third kappa shape index (κ3) is 2.04. The summed E-state index contributed by atoms with van der Waals surface area (Å²) in [6, 6.07) is 7.21. The number of fused-ring (bicyclic) bond motifs is 2. The van der Waals surface area contributed by atoms with Crippen LogP contribution >= 0.6 is 0 Å². The van der Waals surface area contributed by atoms with Gasteiger partial charge in [0.25, 0.3) is 0 Å². The molecule has 0 radical (unpaired) electrons. The molecule has 10 heteroatoms. The Bertz CT molecular complexity index is 1250. The minimum absolute atomic E-state index is 0.103. The normalized spacial score (nSPS) is 47.0. The second-order valence-corrected chi connectivity index (χ2v) is 10.7. The fourth-order valence-electron chi connectivity index (χ4n) is 8.61. The Labute approximate surface area is 200 Å². The van der Waals surface area contributed by atoms with Gasteiger partial charge in [0.1, 0.15) is 6.10 Å². The Kier molecular flexibility index (Phi) is 3.68. The van der Waals surface area contributed by atoms with Crippen molar-refractivity contribution in [3.8, 4) is 0 Å². The highest BCUT2D eigenvalue weighted by molar-refractivity contribution is 6.01. The van der Waals surface area contributed by atoms with Gasteiger partial charge >= 0.3 is 11.9 Å². The summed E-state index contributed by atoms with van der Waals surface area (Å²) in [6.45, 7) is 1.62. The van der Waals surface area contributed by atoms with E-state index < -0.39 is 53.4 Å². The molecule has 0 aromatic heterocycles. The molecule has 4 saturated heterocycles. The molecular formula is C25H24N2O8. The molecule has 35 heavy (non-hydrogen) atoms. The maximum absolute atomic E-state index is 13.8. The fraction of sp³-hybridized carbons (Fsp3) is 0.560. The lowest BCUT2D eigenvalue weighted by Crippen LogP contribution is -2.82. The number of carbonyl (C=O) groups excluding carboxylic acids is 3. The molecular weight excluding hydrogens is 456 g/mol. The molecule has 5 unspecified atom stereocenters. The van der Waals surface area contributed by atoms with Gasteiger partial charge in [-0.3, -0.25) is 14.6 Å². The predicted octanol–water partition coefficient (Wildman–Crippen LogP) is -0.779. The highest BCUT2D eigenvalue weighted by Crippen LogP contribution is 2.71. The van der Waals surface area contributed by atoms with Crippen molar-refractivity contribution in [1.29, 1.82) is 0 Å². The van der Waals surface area contributed by atoms with E-state index in [2.05, 4.69) is 4.90 Å². The number of anilines is 1. The van der Waals surface area contributed by atoms with Gasteiger partial charge in [-0.1, -0.05) is 29.8 Å². The maximum atomic E-state index is 13.8. The van der Waals surface area contributed by atoms with Crippen LogP contribution in [0.3, 0.4) is 0 Å². The van der Waals surface area contributed by atoms with Crippen LogP contribution in [0.1, 0.15) is 18.4 Å². The van der Waals surface area contributed by atoms with E-state index in [-0.39, 0.29) is 24.3 Å². The first kappa shape index (κ1) is 20.4. The number of hydrogen-bond acceptors (Lipinski definition) is 9. The van der Waals surface area contributed by atoms with Gasteiger partial charge in [-0.25, -0.2) is 9.59 Å². The van der Waals surface area contributed by atoms with Crippen LogP contribution in [-0.2, 0) is 34.0 Å². The quantitative estimate of drug-likeness (QED) is 0.363. The zero-order valence-corrected chi connectivity index (χ0v) is 18.7. The van der Waals surface area contributed by atoms with E-state index >= 15 is 0 Å². The third-order valence-corrected chi connectivity index (χ3v) is 9.58. The molecule has 1 aliphatic carbocycles. The number of esters is 2. The average molecular weight is 480 g/mol. The van der Waals surface area contributed by atoms with E-state index in [1.54, 1.807) is 4.90 Å². The second-order valence-electron chi connectivity index (χ2n) is 10.7. The van der Waals surface area contributed by atoms with Crippen molar-refractivity contribution in [2.75, 3.05) is 24.6 Å². The smallest absolute Gasteiger partial charge is 0.340 e. The van der Waals surface area contributed by atoms with Crippen LogP contribution in [0, 0.1) is 11.8 Å². The van der Waals surface area contributed by atoms with E-state index in [1.165, 1.54) is 0 Å². The van der Waals surface area contributed by atoms with Crippen LogP contribution in [0.4, 0.5) is 5.69 Å². The molecule has 5 fully saturated rings. The molecule has 1 aromatic rings. The van der Waals surface area contributed by atoms with Crippen molar-refractivity contribution >= 4 is 23.5 Å².